The van der Waals surface area contributed by atoms with Gasteiger partial charge in [-0.25, -0.2) is 0 Å². The highest BCUT2D eigenvalue weighted by Crippen LogP contribution is 2.23. The zero-order chi connectivity index (χ0) is 21.7. The van der Waals surface area contributed by atoms with Crippen molar-refractivity contribution in [3.63, 3.8) is 0 Å². The zero-order valence-corrected chi connectivity index (χ0v) is 16.9. The molecule has 0 spiro atoms. The van der Waals surface area contributed by atoms with Crippen molar-refractivity contribution in [2.24, 2.45) is 0 Å². The third-order valence-corrected chi connectivity index (χ3v) is 4.56. The number of ketones is 1. The molecule has 1 amide bonds. The lowest BCUT2D eigenvalue weighted by molar-refractivity contribution is -0.141. The van der Waals surface area contributed by atoms with Crippen LogP contribution in [0.5, 0.6) is 5.75 Å². The standard InChI is InChI=1S/C22H22N2O6/c1-14-11-18(15(2)24(14)16-6-8-17(28-3)9-7-16)19(25)13-30-21(26)12-23-22(27)20-5-4-10-29-20/h4-11H,12-13H2,1-3H3,(H,23,27). The molecule has 1 aromatic carbocycles. The third kappa shape index (κ3) is 4.60. The molecular formula is C22H22N2O6. The van der Waals surface area contributed by atoms with Crippen LogP contribution in [0.1, 0.15) is 32.3 Å². The molecular weight excluding hydrogens is 388 g/mol. The molecule has 0 aliphatic heterocycles. The Morgan fingerprint density at radius 3 is 2.47 bits per heavy atom. The number of hydrogen-bond donors (Lipinski definition) is 1. The molecule has 0 fully saturated rings. The van der Waals surface area contributed by atoms with E-state index in [1.807, 2.05) is 42.7 Å². The van der Waals surface area contributed by atoms with Gasteiger partial charge in [-0.2, -0.15) is 0 Å². The van der Waals surface area contributed by atoms with Crippen LogP contribution in [-0.2, 0) is 9.53 Å². The molecule has 0 aliphatic carbocycles. The number of benzene rings is 1. The molecule has 8 heteroatoms. The van der Waals surface area contributed by atoms with Gasteiger partial charge in [0.1, 0.15) is 12.3 Å². The maximum Gasteiger partial charge on any atom is 0.325 e. The van der Waals surface area contributed by atoms with Crippen LogP contribution in [0, 0.1) is 13.8 Å². The highest BCUT2D eigenvalue weighted by atomic mass is 16.5. The highest BCUT2D eigenvalue weighted by molar-refractivity contribution is 5.99. The Labute approximate surface area is 173 Å². The number of nitrogens with one attached hydrogen (secondary N) is 1. The SMILES string of the molecule is COc1ccc(-n2c(C)cc(C(=O)COC(=O)CNC(=O)c3ccco3)c2C)cc1. The minimum Gasteiger partial charge on any atom is -0.497 e. The summed E-state index contributed by atoms with van der Waals surface area (Å²) in [6.07, 6.45) is 1.36. The first-order valence-electron chi connectivity index (χ1n) is 9.24. The van der Waals surface area contributed by atoms with Crippen molar-refractivity contribution in [3.05, 3.63) is 71.4 Å². The van der Waals surface area contributed by atoms with E-state index in [-0.39, 0.29) is 18.1 Å². The van der Waals surface area contributed by atoms with Gasteiger partial charge in [-0.05, 0) is 56.3 Å². The van der Waals surface area contributed by atoms with Gasteiger partial charge in [0, 0.05) is 22.6 Å². The van der Waals surface area contributed by atoms with E-state index in [9.17, 15) is 14.4 Å². The minimum absolute atomic E-state index is 0.0878. The van der Waals surface area contributed by atoms with Crippen molar-refractivity contribution in [2.45, 2.75) is 13.8 Å². The summed E-state index contributed by atoms with van der Waals surface area (Å²) in [6.45, 7) is 2.94. The zero-order valence-electron chi connectivity index (χ0n) is 16.9. The van der Waals surface area contributed by atoms with Crippen LogP contribution in [0.3, 0.4) is 0 Å². The topological polar surface area (TPSA) is 99.8 Å². The van der Waals surface area contributed by atoms with Gasteiger partial charge in [0.25, 0.3) is 5.91 Å². The molecule has 0 saturated carbocycles. The van der Waals surface area contributed by atoms with E-state index in [0.717, 1.165) is 22.8 Å². The monoisotopic (exact) mass is 410 g/mol. The van der Waals surface area contributed by atoms with E-state index in [1.54, 1.807) is 19.2 Å². The highest BCUT2D eigenvalue weighted by Gasteiger charge is 2.19. The number of Topliss-reactive ketones (excluding diaryl/α,β-unsaturated/α-hetero) is 1. The van der Waals surface area contributed by atoms with E-state index in [2.05, 4.69) is 5.32 Å². The number of carbonyl (C=O) groups is 3. The Morgan fingerprint density at radius 1 is 1.10 bits per heavy atom. The number of esters is 1. The quantitative estimate of drug-likeness (QED) is 0.453. The molecule has 8 nitrogen and oxygen atoms in total. The van der Waals surface area contributed by atoms with Gasteiger partial charge < -0.3 is 23.8 Å². The lowest BCUT2D eigenvalue weighted by Gasteiger charge is -2.11. The van der Waals surface area contributed by atoms with Gasteiger partial charge in [-0.3, -0.25) is 14.4 Å². The number of hydrogen-bond acceptors (Lipinski definition) is 6. The van der Waals surface area contributed by atoms with Crippen molar-refractivity contribution in [1.29, 1.82) is 0 Å². The number of furan rings is 1. The van der Waals surface area contributed by atoms with Crippen molar-refractivity contribution in [3.8, 4) is 11.4 Å². The van der Waals surface area contributed by atoms with Gasteiger partial charge in [0.05, 0.1) is 13.4 Å². The van der Waals surface area contributed by atoms with Gasteiger partial charge in [0.2, 0.25) is 5.78 Å². The Kier molecular flexibility index (Phi) is 6.36. The molecule has 0 saturated heterocycles. The van der Waals surface area contributed by atoms with E-state index >= 15 is 0 Å². The van der Waals surface area contributed by atoms with E-state index in [4.69, 9.17) is 13.9 Å². The smallest absolute Gasteiger partial charge is 0.325 e. The van der Waals surface area contributed by atoms with Gasteiger partial charge >= 0.3 is 5.97 Å². The van der Waals surface area contributed by atoms with E-state index in [0.29, 0.717) is 5.56 Å². The second kappa shape index (κ2) is 9.13. The van der Waals surface area contributed by atoms with Crippen molar-refractivity contribution >= 4 is 17.7 Å². The molecule has 3 aromatic rings. The first-order valence-corrected chi connectivity index (χ1v) is 9.24. The molecule has 1 N–H and O–H groups in total. The maximum atomic E-state index is 12.6. The average Bonchev–Trinajstić information content (AvgIpc) is 3.38. The van der Waals surface area contributed by atoms with E-state index < -0.39 is 18.5 Å². The van der Waals surface area contributed by atoms with Crippen LogP contribution >= 0.6 is 0 Å². The number of rotatable bonds is 8. The predicted molar refractivity (Wildman–Crippen MR) is 108 cm³/mol. The summed E-state index contributed by atoms with van der Waals surface area (Å²) >= 11 is 0. The molecule has 0 atom stereocenters. The lowest BCUT2D eigenvalue weighted by Crippen LogP contribution is -2.31. The molecule has 2 aromatic heterocycles. The number of ether oxygens (including phenoxy) is 2. The van der Waals surface area contributed by atoms with Crippen LogP contribution in [-0.4, -0.2) is 42.5 Å². The summed E-state index contributed by atoms with van der Waals surface area (Å²) in [5.74, 6) is -0.750. The summed E-state index contributed by atoms with van der Waals surface area (Å²) in [7, 11) is 1.60. The van der Waals surface area contributed by atoms with Crippen LogP contribution in [0.2, 0.25) is 0 Å². The number of nitrogens with zero attached hydrogens (tertiary/aromatic N) is 1. The van der Waals surface area contributed by atoms with Crippen LogP contribution in [0.15, 0.2) is 53.1 Å². The molecule has 0 unspecified atom stereocenters. The van der Waals surface area contributed by atoms with Crippen molar-refractivity contribution in [1.82, 2.24) is 9.88 Å². The minimum atomic E-state index is -0.716. The second-order valence-electron chi connectivity index (χ2n) is 6.56. The molecule has 0 radical (unpaired) electrons. The molecule has 3 rings (SSSR count). The van der Waals surface area contributed by atoms with Crippen LogP contribution in [0.4, 0.5) is 0 Å². The first-order chi connectivity index (χ1) is 14.4. The Bertz CT molecular complexity index is 1050. The number of aromatic nitrogens is 1. The summed E-state index contributed by atoms with van der Waals surface area (Å²) in [6, 6.07) is 12.3. The Morgan fingerprint density at radius 2 is 1.83 bits per heavy atom. The van der Waals surface area contributed by atoms with Crippen molar-refractivity contribution < 1.29 is 28.3 Å². The number of aryl methyl sites for hydroxylation is 1. The maximum absolute atomic E-state index is 12.6. The largest absolute Gasteiger partial charge is 0.497 e. The summed E-state index contributed by atoms with van der Waals surface area (Å²) in [4.78, 5) is 36.2. The van der Waals surface area contributed by atoms with Crippen LogP contribution in [0.25, 0.3) is 5.69 Å². The molecule has 0 bridgehead atoms. The molecule has 2 heterocycles. The third-order valence-electron chi connectivity index (χ3n) is 4.56. The fourth-order valence-electron chi connectivity index (χ4n) is 3.10. The van der Waals surface area contributed by atoms with Gasteiger partial charge in [-0.1, -0.05) is 0 Å². The van der Waals surface area contributed by atoms with Gasteiger partial charge in [0.15, 0.2) is 12.4 Å². The first kappa shape index (κ1) is 20.9. The second-order valence-corrected chi connectivity index (χ2v) is 6.56. The molecule has 156 valence electrons. The van der Waals surface area contributed by atoms with Gasteiger partial charge in [-0.15, -0.1) is 0 Å². The normalized spacial score (nSPS) is 10.5. The number of carbonyl (C=O) groups excluding carboxylic acids is 3. The fourth-order valence-corrected chi connectivity index (χ4v) is 3.10. The molecule has 30 heavy (non-hydrogen) atoms. The summed E-state index contributed by atoms with van der Waals surface area (Å²) in [5, 5.41) is 2.37. The fraction of sp³-hybridized carbons (Fsp3) is 0.227. The summed E-state index contributed by atoms with van der Waals surface area (Å²) < 4.78 is 17.1. The number of methoxy groups -OCH3 is 1. The van der Waals surface area contributed by atoms with E-state index in [1.165, 1.54) is 12.3 Å². The molecule has 0 aliphatic rings. The summed E-state index contributed by atoms with van der Waals surface area (Å²) in [5.41, 5.74) is 2.97. The van der Waals surface area contributed by atoms with Crippen molar-refractivity contribution in [2.75, 3.05) is 20.3 Å². The lowest BCUT2D eigenvalue weighted by atomic mass is 10.1. The Balaban J connectivity index is 1.60. The van der Waals surface area contributed by atoms with Crippen LogP contribution < -0.4 is 10.1 Å². The average molecular weight is 410 g/mol. The predicted octanol–water partition coefficient (Wildman–Crippen LogP) is 2.85. The number of amides is 1. The Hall–Kier alpha value is -3.81.